The third-order valence-electron chi connectivity index (χ3n) is 3.48. The van der Waals surface area contributed by atoms with Crippen LogP contribution in [0.15, 0.2) is 28.7 Å². The summed E-state index contributed by atoms with van der Waals surface area (Å²) in [4.78, 5) is 13.8. The number of hydrogen-bond donors (Lipinski definition) is 0. The highest BCUT2D eigenvalue weighted by atomic mass is 79.9. The molecule has 0 bridgehead atoms. The predicted octanol–water partition coefficient (Wildman–Crippen LogP) is 2.91. The number of hydrogen-bond acceptors (Lipinski definition) is 5. The van der Waals surface area contributed by atoms with Crippen molar-refractivity contribution in [1.82, 2.24) is 19.2 Å². The minimum Gasteiger partial charge on any atom is -0.466 e. The number of nitrogens with zero attached hydrogens (tertiary/aromatic N) is 4. The van der Waals surface area contributed by atoms with E-state index in [0.29, 0.717) is 23.9 Å². The van der Waals surface area contributed by atoms with E-state index in [1.807, 2.05) is 26.2 Å². The van der Waals surface area contributed by atoms with Gasteiger partial charge in [-0.1, -0.05) is 28.1 Å². The van der Waals surface area contributed by atoms with Crippen molar-refractivity contribution >= 4 is 34.1 Å². The van der Waals surface area contributed by atoms with Gasteiger partial charge < -0.3 is 9.30 Å². The van der Waals surface area contributed by atoms with Gasteiger partial charge in [-0.3, -0.25) is 9.69 Å². The first-order chi connectivity index (χ1) is 11.4. The first kappa shape index (κ1) is 18.8. The third kappa shape index (κ3) is 4.99. The topological polar surface area (TPSA) is 52.3 Å². The van der Waals surface area contributed by atoms with Crippen molar-refractivity contribution in [3.05, 3.63) is 44.9 Å². The van der Waals surface area contributed by atoms with E-state index in [0.717, 1.165) is 11.0 Å². The first-order valence-electron chi connectivity index (χ1n) is 7.62. The minimum absolute atomic E-state index is 0.122. The van der Waals surface area contributed by atoms with Crippen molar-refractivity contribution < 1.29 is 9.53 Å². The van der Waals surface area contributed by atoms with Crippen LogP contribution in [0.5, 0.6) is 0 Å². The monoisotopic (exact) mass is 412 g/mol. The molecule has 24 heavy (non-hydrogen) atoms. The summed E-state index contributed by atoms with van der Waals surface area (Å²) >= 11 is 8.84. The Balaban J connectivity index is 2.05. The molecule has 0 N–H and O–H groups in total. The lowest BCUT2D eigenvalue weighted by molar-refractivity contribution is -0.142. The zero-order valence-electron chi connectivity index (χ0n) is 14.0. The molecule has 6 nitrogen and oxygen atoms in total. The summed E-state index contributed by atoms with van der Waals surface area (Å²) < 4.78 is 10.1. The summed E-state index contributed by atoms with van der Waals surface area (Å²) in [5.74, 6) is 0.312. The molecule has 0 amide bonds. The van der Waals surface area contributed by atoms with Gasteiger partial charge in [-0.2, -0.15) is 5.10 Å². The van der Waals surface area contributed by atoms with Crippen LogP contribution < -0.4 is 0 Å². The molecule has 0 aliphatic carbocycles. The molecule has 0 saturated heterocycles. The van der Waals surface area contributed by atoms with Gasteiger partial charge in [0.2, 0.25) is 0 Å². The fourth-order valence-electron chi connectivity index (χ4n) is 2.30. The van der Waals surface area contributed by atoms with Gasteiger partial charge in [0.15, 0.2) is 4.77 Å². The lowest BCUT2D eigenvalue weighted by Crippen LogP contribution is -2.22. The van der Waals surface area contributed by atoms with Gasteiger partial charge in [-0.05, 0) is 43.9 Å². The van der Waals surface area contributed by atoms with Gasteiger partial charge in [-0.25, -0.2) is 4.68 Å². The number of benzene rings is 1. The van der Waals surface area contributed by atoms with Gasteiger partial charge in [0.1, 0.15) is 12.2 Å². The Labute approximate surface area is 155 Å². The Kier molecular flexibility index (Phi) is 6.70. The van der Waals surface area contributed by atoms with E-state index < -0.39 is 0 Å². The summed E-state index contributed by atoms with van der Waals surface area (Å²) in [6.07, 6.45) is 0.122. The maximum Gasteiger partial charge on any atom is 0.313 e. The molecule has 0 atom stereocenters. The highest BCUT2D eigenvalue weighted by Gasteiger charge is 2.13. The van der Waals surface area contributed by atoms with Crippen molar-refractivity contribution in [2.75, 3.05) is 13.7 Å². The third-order valence-corrected chi connectivity index (χ3v) is 4.49. The van der Waals surface area contributed by atoms with Gasteiger partial charge >= 0.3 is 5.97 Å². The molecule has 1 aromatic carbocycles. The normalized spacial score (nSPS) is 11.0. The largest absolute Gasteiger partial charge is 0.466 e. The summed E-state index contributed by atoms with van der Waals surface area (Å²) in [6.45, 7) is 3.47. The van der Waals surface area contributed by atoms with Crippen LogP contribution in [0.25, 0.3) is 0 Å². The van der Waals surface area contributed by atoms with Gasteiger partial charge in [-0.15, -0.1) is 0 Å². The van der Waals surface area contributed by atoms with Crippen molar-refractivity contribution in [2.24, 2.45) is 7.05 Å². The molecular formula is C16H21BrN4O2S. The van der Waals surface area contributed by atoms with Crippen molar-refractivity contribution in [3.8, 4) is 0 Å². The molecule has 0 aliphatic rings. The molecule has 0 aliphatic heterocycles. The van der Waals surface area contributed by atoms with Crippen LogP contribution in [0.1, 0.15) is 18.3 Å². The van der Waals surface area contributed by atoms with Crippen molar-refractivity contribution in [1.29, 1.82) is 0 Å². The fraction of sp³-hybridized carbons (Fsp3) is 0.438. The van der Waals surface area contributed by atoms with Gasteiger partial charge in [0.05, 0.1) is 13.3 Å². The Morgan fingerprint density at radius 2 is 2.04 bits per heavy atom. The van der Waals surface area contributed by atoms with E-state index in [1.54, 1.807) is 16.2 Å². The fourth-order valence-corrected chi connectivity index (χ4v) is 2.77. The Morgan fingerprint density at radius 3 is 2.67 bits per heavy atom. The molecule has 1 heterocycles. The Bertz CT molecular complexity index is 754. The molecule has 0 spiro atoms. The Morgan fingerprint density at radius 1 is 1.38 bits per heavy atom. The van der Waals surface area contributed by atoms with Crippen LogP contribution in [0.3, 0.4) is 0 Å². The standard InChI is InChI=1S/C16H21BrN4O2S/c1-4-23-15(22)9-14-18-21(16(24)20(14)3)11-19(2)10-12-5-7-13(17)8-6-12/h5-8H,4,9-11H2,1-3H3. The second-order valence-corrected chi connectivity index (χ2v) is 6.80. The van der Waals surface area contributed by atoms with Crippen LogP contribution in [-0.2, 0) is 36.2 Å². The highest BCUT2D eigenvalue weighted by molar-refractivity contribution is 9.10. The number of rotatable bonds is 7. The van der Waals surface area contributed by atoms with Gasteiger partial charge in [0, 0.05) is 18.1 Å². The van der Waals surface area contributed by atoms with Crippen molar-refractivity contribution in [2.45, 2.75) is 26.6 Å². The maximum absolute atomic E-state index is 11.6. The summed E-state index contributed by atoms with van der Waals surface area (Å²) in [5, 5.41) is 4.45. The number of halogens is 1. The highest BCUT2D eigenvalue weighted by Crippen LogP contribution is 2.12. The molecule has 130 valence electrons. The quantitative estimate of drug-likeness (QED) is 0.516. The number of carbonyl (C=O) groups is 1. The van der Waals surface area contributed by atoms with E-state index in [4.69, 9.17) is 17.0 Å². The zero-order chi connectivity index (χ0) is 17.7. The molecular weight excluding hydrogens is 392 g/mol. The Hall–Kier alpha value is -1.51. The zero-order valence-corrected chi connectivity index (χ0v) is 16.4. The van der Waals surface area contributed by atoms with Crippen LogP contribution >= 0.6 is 28.1 Å². The lowest BCUT2D eigenvalue weighted by Gasteiger charge is -2.16. The molecule has 8 heteroatoms. The second-order valence-electron chi connectivity index (χ2n) is 5.52. The average molecular weight is 413 g/mol. The number of aromatic nitrogens is 3. The number of ether oxygens (including phenoxy) is 1. The molecule has 2 rings (SSSR count). The van der Waals surface area contributed by atoms with Crippen LogP contribution in [-0.4, -0.2) is 38.9 Å². The summed E-state index contributed by atoms with van der Waals surface area (Å²) in [7, 11) is 3.82. The second kappa shape index (κ2) is 8.55. The van der Waals surface area contributed by atoms with E-state index in [-0.39, 0.29) is 12.4 Å². The summed E-state index contributed by atoms with van der Waals surface area (Å²) in [5.41, 5.74) is 1.20. The molecule has 0 saturated carbocycles. The van der Waals surface area contributed by atoms with Crippen LogP contribution in [0.2, 0.25) is 0 Å². The maximum atomic E-state index is 11.6. The predicted molar refractivity (Wildman–Crippen MR) is 98.0 cm³/mol. The van der Waals surface area contributed by atoms with E-state index in [2.05, 4.69) is 38.1 Å². The summed E-state index contributed by atoms with van der Waals surface area (Å²) in [6, 6.07) is 8.19. The van der Waals surface area contributed by atoms with E-state index in [1.165, 1.54) is 5.56 Å². The number of esters is 1. The van der Waals surface area contributed by atoms with Gasteiger partial charge in [0.25, 0.3) is 0 Å². The lowest BCUT2D eigenvalue weighted by atomic mass is 10.2. The van der Waals surface area contributed by atoms with Crippen molar-refractivity contribution in [3.63, 3.8) is 0 Å². The molecule has 1 aromatic heterocycles. The minimum atomic E-state index is -0.295. The molecule has 0 fully saturated rings. The smallest absolute Gasteiger partial charge is 0.313 e. The molecule has 0 unspecified atom stereocenters. The van der Waals surface area contributed by atoms with E-state index >= 15 is 0 Å². The van der Waals surface area contributed by atoms with Crippen LogP contribution in [0.4, 0.5) is 0 Å². The van der Waals surface area contributed by atoms with E-state index in [9.17, 15) is 4.79 Å². The average Bonchev–Trinajstić information content (AvgIpc) is 2.78. The molecule has 2 aromatic rings. The molecule has 0 radical (unpaired) electrons. The van der Waals surface area contributed by atoms with Crippen LogP contribution in [0, 0.1) is 4.77 Å². The first-order valence-corrected chi connectivity index (χ1v) is 8.82. The number of carbonyl (C=O) groups excluding carboxylic acids is 1. The SMILES string of the molecule is CCOC(=O)Cc1nn(CN(C)Cc2ccc(Br)cc2)c(=S)n1C.